The van der Waals surface area contributed by atoms with Crippen LogP contribution in [-0.2, 0) is 11.2 Å². The number of hydrogen-bond donors (Lipinski definition) is 2. The summed E-state index contributed by atoms with van der Waals surface area (Å²) in [6.45, 7) is 5.98. The summed E-state index contributed by atoms with van der Waals surface area (Å²) in [5.74, 6) is 0.381. The van der Waals surface area contributed by atoms with E-state index in [-0.39, 0.29) is 23.7 Å². The van der Waals surface area contributed by atoms with Crippen molar-refractivity contribution in [1.29, 1.82) is 0 Å². The predicted molar refractivity (Wildman–Crippen MR) is 91.1 cm³/mol. The molecule has 25 heavy (non-hydrogen) atoms. The van der Waals surface area contributed by atoms with Gasteiger partial charge in [-0.3, -0.25) is 4.79 Å². The molecule has 1 unspecified atom stereocenters. The second-order valence-electron chi connectivity index (χ2n) is 7.06. The average Bonchev–Trinajstić information content (AvgIpc) is 3.01. The Morgan fingerprint density at radius 2 is 2.00 bits per heavy atom. The molecule has 0 saturated carbocycles. The molecule has 0 aliphatic carbocycles. The molecular weight excluding hydrogens is 325 g/mol. The highest BCUT2D eigenvalue weighted by Gasteiger charge is 2.22. The molecule has 1 amide bonds. The zero-order valence-electron chi connectivity index (χ0n) is 14.8. The molecule has 1 heterocycles. The molecule has 0 aliphatic heterocycles. The molecule has 1 aromatic carbocycles. The summed E-state index contributed by atoms with van der Waals surface area (Å²) < 4.78 is 18.1. The monoisotopic (exact) mass is 349 g/mol. The van der Waals surface area contributed by atoms with Crippen LogP contribution in [0, 0.1) is 11.2 Å². The number of nitrogens with zero attached hydrogens (tertiary/aromatic N) is 2. The lowest BCUT2D eigenvalue weighted by Gasteiger charge is -2.25. The van der Waals surface area contributed by atoms with E-state index in [1.54, 1.807) is 12.1 Å². The fourth-order valence-corrected chi connectivity index (χ4v) is 2.08. The molecule has 0 radical (unpaired) electrons. The standard InChI is InChI=1S/C18H24FN3O3/c1-18(2,3)14(23)11-20-15(24)5-4-6-16-21-17(22-25-16)12-7-9-13(19)10-8-12/h7-10,14,23H,4-6,11H2,1-3H3,(H,20,24). The smallest absolute Gasteiger partial charge is 0.226 e. The second kappa shape index (κ2) is 8.20. The Morgan fingerprint density at radius 1 is 1.32 bits per heavy atom. The molecule has 7 heteroatoms. The minimum Gasteiger partial charge on any atom is -0.391 e. The number of aliphatic hydroxyl groups excluding tert-OH is 1. The van der Waals surface area contributed by atoms with Crippen molar-refractivity contribution < 1.29 is 18.8 Å². The molecule has 2 rings (SSSR count). The lowest BCUT2D eigenvalue weighted by atomic mass is 9.89. The maximum atomic E-state index is 12.9. The molecule has 1 aromatic heterocycles. The fraction of sp³-hybridized carbons (Fsp3) is 0.500. The van der Waals surface area contributed by atoms with E-state index >= 15 is 0 Å². The van der Waals surface area contributed by atoms with E-state index in [0.29, 0.717) is 36.5 Å². The first-order chi connectivity index (χ1) is 11.8. The van der Waals surface area contributed by atoms with Gasteiger partial charge >= 0.3 is 0 Å². The third-order valence-electron chi connectivity index (χ3n) is 3.86. The van der Waals surface area contributed by atoms with E-state index in [2.05, 4.69) is 15.5 Å². The Morgan fingerprint density at radius 3 is 2.64 bits per heavy atom. The van der Waals surface area contributed by atoms with E-state index in [1.165, 1.54) is 12.1 Å². The fourth-order valence-electron chi connectivity index (χ4n) is 2.08. The number of hydrogen-bond acceptors (Lipinski definition) is 5. The van der Waals surface area contributed by atoms with Crippen molar-refractivity contribution in [2.75, 3.05) is 6.54 Å². The summed E-state index contributed by atoms with van der Waals surface area (Å²) in [5.41, 5.74) is 0.402. The van der Waals surface area contributed by atoms with Gasteiger partial charge in [-0.1, -0.05) is 25.9 Å². The quantitative estimate of drug-likeness (QED) is 0.802. The zero-order chi connectivity index (χ0) is 18.4. The number of halogens is 1. The Hall–Kier alpha value is -2.28. The lowest BCUT2D eigenvalue weighted by Crippen LogP contribution is -2.39. The van der Waals surface area contributed by atoms with Crippen molar-refractivity contribution in [3.05, 3.63) is 36.0 Å². The van der Waals surface area contributed by atoms with E-state index in [9.17, 15) is 14.3 Å². The number of aryl methyl sites for hydroxylation is 1. The third kappa shape index (κ3) is 5.94. The Bertz CT molecular complexity index is 692. The zero-order valence-corrected chi connectivity index (χ0v) is 14.8. The first-order valence-corrected chi connectivity index (χ1v) is 8.29. The number of benzene rings is 1. The van der Waals surface area contributed by atoms with E-state index in [1.807, 2.05) is 20.8 Å². The van der Waals surface area contributed by atoms with Crippen molar-refractivity contribution in [3.63, 3.8) is 0 Å². The molecule has 0 spiro atoms. The van der Waals surface area contributed by atoms with Crippen LogP contribution in [0.5, 0.6) is 0 Å². The highest BCUT2D eigenvalue weighted by Crippen LogP contribution is 2.18. The number of rotatable bonds is 7. The van der Waals surface area contributed by atoms with Gasteiger partial charge in [-0.2, -0.15) is 4.98 Å². The van der Waals surface area contributed by atoms with Crippen LogP contribution >= 0.6 is 0 Å². The molecule has 0 saturated heterocycles. The summed E-state index contributed by atoms with van der Waals surface area (Å²) in [4.78, 5) is 16.0. The molecule has 2 N–H and O–H groups in total. The van der Waals surface area contributed by atoms with Gasteiger partial charge < -0.3 is 14.9 Å². The van der Waals surface area contributed by atoms with Gasteiger partial charge in [0.25, 0.3) is 0 Å². The number of amides is 1. The van der Waals surface area contributed by atoms with Crippen LogP contribution < -0.4 is 5.32 Å². The molecule has 136 valence electrons. The summed E-state index contributed by atoms with van der Waals surface area (Å²) >= 11 is 0. The van der Waals surface area contributed by atoms with E-state index in [4.69, 9.17) is 4.52 Å². The summed E-state index contributed by atoms with van der Waals surface area (Å²) in [6.07, 6.45) is 0.752. The normalized spacial score (nSPS) is 12.8. The van der Waals surface area contributed by atoms with Crippen LogP contribution in [0.4, 0.5) is 4.39 Å². The van der Waals surface area contributed by atoms with E-state index < -0.39 is 6.10 Å². The summed E-state index contributed by atoms with van der Waals surface area (Å²) in [6, 6.07) is 5.83. The van der Waals surface area contributed by atoms with Gasteiger partial charge in [-0.05, 0) is 36.1 Å². The van der Waals surface area contributed by atoms with Crippen LogP contribution in [0.2, 0.25) is 0 Å². The van der Waals surface area contributed by atoms with Crippen molar-refractivity contribution in [2.24, 2.45) is 5.41 Å². The van der Waals surface area contributed by atoms with Crippen molar-refractivity contribution in [3.8, 4) is 11.4 Å². The Labute approximate surface area is 146 Å². The maximum absolute atomic E-state index is 12.9. The third-order valence-corrected chi connectivity index (χ3v) is 3.86. The largest absolute Gasteiger partial charge is 0.391 e. The van der Waals surface area contributed by atoms with Gasteiger partial charge in [0.05, 0.1) is 6.10 Å². The topological polar surface area (TPSA) is 88.2 Å². The van der Waals surface area contributed by atoms with Gasteiger partial charge in [-0.15, -0.1) is 0 Å². The second-order valence-corrected chi connectivity index (χ2v) is 7.06. The number of carbonyl (C=O) groups excluding carboxylic acids is 1. The van der Waals surface area contributed by atoms with Gasteiger partial charge in [-0.25, -0.2) is 4.39 Å². The lowest BCUT2D eigenvalue weighted by molar-refractivity contribution is -0.122. The van der Waals surface area contributed by atoms with E-state index in [0.717, 1.165) is 0 Å². The van der Waals surface area contributed by atoms with Crippen molar-refractivity contribution in [2.45, 2.75) is 46.1 Å². The minimum atomic E-state index is -0.592. The van der Waals surface area contributed by atoms with Crippen molar-refractivity contribution in [1.82, 2.24) is 15.5 Å². The highest BCUT2D eigenvalue weighted by molar-refractivity contribution is 5.75. The van der Waals surface area contributed by atoms with Gasteiger partial charge in [0, 0.05) is 24.9 Å². The van der Waals surface area contributed by atoms with Crippen LogP contribution in [0.25, 0.3) is 11.4 Å². The Balaban J connectivity index is 1.75. The minimum absolute atomic E-state index is 0.124. The molecule has 1 atom stereocenters. The van der Waals surface area contributed by atoms with Crippen LogP contribution in [0.15, 0.2) is 28.8 Å². The van der Waals surface area contributed by atoms with Crippen molar-refractivity contribution >= 4 is 5.91 Å². The maximum Gasteiger partial charge on any atom is 0.226 e. The molecule has 2 aromatic rings. The summed E-state index contributed by atoms with van der Waals surface area (Å²) in [7, 11) is 0. The molecule has 0 fully saturated rings. The molecule has 0 aliphatic rings. The highest BCUT2D eigenvalue weighted by atomic mass is 19.1. The first kappa shape index (κ1) is 19.1. The van der Waals surface area contributed by atoms with Crippen LogP contribution in [0.1, 0.15) is 39.5 Å². The SMILES string of the molecule is CC(C)(C)C(O)CNC(=O)CCCc1nc(-c2ccc(F)cc2)no1. The van der Waals surface area contributed by atoms with Gasteiger partial charge in [0.1, 0.15) is 5.82 Å². The summed E-state index contributed by atoms with van der Waals surface area (Å²) in [5, 5.41) is 16.5. The number of aromatic nitrogens is 2. The average molecular weight is 349 g/mol. The van der Waals surface area contributed by atoms with Crippen LogP contribution in [-0.4, -0.2) is 33.8 Å². The van der Waals surface area contributed by atoms with Gasteiger partial charge in [0.2, 0.25) is 17.6 Å². The van der Waals surface area contributed by atoms with Crippen LogP contribution in [0.3, 0.4) is 0 Å². The molecule has 6 nitrogen and oxygen atoms in total. The Kier molecular flexibility index (Phi) is 6.25. The molecule has 0 bridgehead atoms. The number of aliphatic hydroxyl groups is 1. The molecular formula is C18H24FN3O3. The number of carbonyl (C=O) groups is 1. The number of nitrogens with one attached hydrogen (secondary N) is 1. The predicted octanol–water partition coefficient (Wildman–Crippen LogP) is 2.72. The first-order valence-electron chi connectivity index (χ1n) is 8.29. The van der Waals surface area contributed by atoms with Gasteiger partial charge in [0.15, 0.2) is 0 Å².